The SMILES string of the molecule is CC(C)(C)OC(=O)[C@H]1NC[C@@H]2C[C@@H]21. The van der Waals surface area contributed by atoms with Gasteiger partial charge in [0.05, 0.1) is 0 Å². The molecule has 0 spiro atoms. The van der Waals surface area contributed by atoms with Crippen molar-refractivity contribution in [2.45, 2.75) is 38.8 Å². The highest BCUT2D eigenvalue weighted by molar-refractivity contribution is 5.77. The van der Waals surface area contributed by atoms with E-state index in [2.05, 4.69) is 5.32 Å². The van der Waals surface area contributed by atoms with Gasteiger partial charge in [0.2, 0.25) is 0 Å². The predicted octanol–water partition coefficient (Wildman–Crippen LogP) is 0.936. The molecule has 3 atom stereocenters. The van der Waals surface area contributed by atoms with Crippen LogP contribution in [-0.4, -0.2) is 24.2 Å². The zero-order valence-corrected chi connectivity index (χ0v) is 8.46. The predicted molar refractivity (Wildman–Crippen MR) is 49.2 cm³/mol. The summed E-state index contributed by atoms with van der Waals surface area (Å²) in [4.78, 5) is 11.6. The molecular formula is C10H17NO2. The van der Waals surface area contributed by atoms with Gasteiger partial charge in [-0.2, -0.15) is 0 Å². The van der Waals surface area contributed by atoms with Crippen LogP contribution in [0.1, 0.15) is 27.2 Å². The molecular weight excluding hydrogens is 166 g/mol. The van der Waals surface area contributed by atoms with Crippen LogP contribution in [0.3, 0.4) is 0 Å². The zero-order chi connectivity index (χ0) is 9.64. The molecule has 1 aliphatic carbocycles. The van der Waals surface area contributed by atoms with Gasteiger partial charge in [-0.3, -0.25) is 4.79 Å². The Morgan fingerprint density at radius 3 is 2.54 bits per heavy atom. The number of nitrogens with one attached hydrogen (secondary N) is 1. The van der Waals surface area contributed by atoms with Crippen molar-refractivity contribution in [3.63, 3.8) is 0 Å². The molecule has 0 aromatic heterocycles. The number of hydrogen-bond acceptors (Lipinski definition) is 3. The van der Waals surface area contributed by atoms with Crippen LogP contribution in [0.2, 0.25) is 0 Å². The molecule has 0 unspecified atom stereocenters. The fourth-order valence-corrected chi connectivity index (χ4v) is 1.97. The van der Waals surface area contributed by atoms with Gasteiger partial charge in [-0.25, -0.2) is 0 Å². The fraction of sp³-hybridized carbons (Fsp3) is 0.900. The quantitative estimate of drug-likeness (QED) is 0.615. The van der Waals surface area contributed by atoms with Crippen molar-refractivity contribution in [2.24, 2.45) is 11.8 Å². The van der Waals surface area contributed by atoms with Gasteiger partial charge >= 0.3 is 5.97 Å². The lowest BCUT2D eigenvalue weighted by molar-refractivity contribution is -0.157. The van der Waals surface area contributed by atoms with E-state index in [1.165, 1.54) is 6.42 Å². The standard InChI is InChI=1S/C10H17NO2/c1-10(2,3)13-9(12)8-7-4-6(7)5-11-8/h6-8,11H,4-5H2,1-3H3/t6-,7-,8-/m0/s1. The maximum Gasteiger partial charge on any atom is 0.323 e. The average Bonchev–Trinajstić information content (AvgIpc) is 2.59. The van der Waals surface area contributed by atoms with Crippen LogP contribution in [0.5, 0.6) is 0 Å². The third-order valence-corrected chi connectivity index (χ3v) is 2.67. The summed E-state index contributed by atoms with van der Waals surface area (Å²) >= 11 is 0. The van der Waals surface area contributed by atoms with Gasteiger partial charge in [0.15, 0.2) is 0 Å². The maximum atomic E-state index is 11.6. The Balaban J connectivity index is 1.90. The van der Waals surface area contributed by atoms with E-state index >= 15 is 0 Å². The molecule has 13 heavy (non-hydrogen) atoms. The molecule has 3 nitrogen and oxygen atoms in total. The Kier molecular flexibility index (Phi) is 1.88. The Labute approximate surface area is 78.8 Å². The third kappa shape index (κ3) is 1.85. The molecule has 0 aromatic carbocycles. The molecule has 0 amide bonds. The molecule has 1 aliphatic heterocycles. The molecule has 1 saturated heterocycles. The minimum Gasteiger partial charge on any atom is -0.459 e. The highest BCUT2D eigenvalue weighted by Crippen LogP contribution is 2.45. The molecule has 74 valence electrons. The van der Waals surface area contributed by atoms with E-state index in [0.717, 1.165) is 12.5 Å². The first-order valence-electron chi connectivity index (χ1n) is 4.93. The van der Waals surface area contributed by atoms with Crippen molar-refractivity contribution in [2.75, 3.05) is 6.54 Å². The Hall–Kier alpha value is -0.570. The Bertz CT molecular complexity index is 232. The first kappa shape index (κ1) is 9.00. The lowest BCUT2D eigenvalue weighted by Gasteiger charge is -2.22. The highest BCUT2D eigenvalue weighted by atomic mass is 16.6. The van der Waals surface area contributed by atoms with Gasteiger partial charge in [-0.1, -0.05) is 0 Å². The van der Waals surface area contributed by atoms with Crippen LogP contribution >= 0.6 is 0 Å². The van der Waals surface area contributed by atoms with Crippen molar-refractivity contribution in [3.05, 3.63) is 0 Å². The third-order valence-electron chi connectivity index (χ3n) is 2.67. The summed E-state index contributed by atoms with van der Waals surface area (Å²) in [6, 6.07) is -0.0239. The van der Waals surface area contributed by atoms with Crippen molar-refractivity contribution in [3.8, 4) is 0 Å². The second-order valence-electron chi connectivity index (χ2n) is 5.08. The van der Waals surface area contributed by atoms with Crippen LogP contribution in [0.4, 0.5) is 0 Å². The summed E-state index contributed by atoms with van der Waals surface area (Å²) in [6.45, 7) is 6.72. The van der Waals surface area contributed by atoms with Gasteiger partial charge in [-0.15, -0.1) is 0 Å². The zero-order valence-electron chi connectivity index (χ0n) is 8.46. The van der Waals surface area contributed by atoms with Crippen molar-refractivity contribution in [1.82, 2.24) is 5.32 Å². The van der Waals surface area contributed by atoms with Gasteiger partial charge in [-0.05, 0) is 45.6 Å². The molecule has 0 bridgehead atoms. The van der Waals surface area contributed by atoms with Gasteiger partial charge in [0.25, 0.3) is 0 Å². The monoisotopic (exact) mass is 183 g/mol. The number of carbonyl (C=O) groups is 1. The summed E-state index contributed by atoms with van der Waals surface area (Å²) in [5.41, 5.74) is -0.355. The van der Waals surface area contributed by atoms with Crippen LogP contribution in [-0.2, 0) is 9.53 Å². The van der Waals surface area contributed by atoms with E-state index in [4.69, 9.17) is 4.74 Å². The normalized spacial score (nSPS) is 37.0. The minimum atomic E-state index is -0.355. The highest BCUT2D eigenvalue weighted by Gasteiger charge is 2.52. The fourth-order valence-electron chi connectivity index (χ4n) is 1.97. The summed E-state index contributed by atoms with van der Waals surface area (Å²) in [5, 5.41) is 3.20. The van der Waals surface area contributed by atoms with E-state index in [1.807, 2.05) is 20.8 Å². The Morgan fingerprint density at radius 2 is 2.15 bits per heavy atom. The second kappa shape index (κ2) is 2.71. The van der Waals surface area contributed by atoms with E-state index in [1.54, 1.807) is 0 Å². The van der Waals surface area contributed by atoms with Crippen LogP contribution in [0.15, 0.2) is 0 Å². The number of esters is 1. The molecule has 0 aromatic rings. The molecule has 2 rings (SSSR count). The van der Waals surface area contributed by atoms with Crippen LogP contribution < -0.4 is 5.32 Å². The number of rotatable bonds is 1. The molecule has 1 heterocycles. The summed E-state index contributed by atoms with van der Waals surface area (Å²) < 4.78 is 5.32. The summed E-state index contributed by atoms with van der Waals surface area (Å²) in [7, 11) is 0. The van der Waals surface area contributed by atoms with E-state index in [9.17, 15) is 4.79 Å². The van der Waals surface area contributed by atoms with Gasteiger partial charge < -0.3 is 10.1 Å². The minimum absolute atomic E-state index is 0.0239. The lowest BCUT2D eigenvalue weighted by Crippen LogP contribution is -2.39. The van der Waals surface area contributed by atoms with Crippen molar-refractivity contribution in [1.29, 1.82) is 0 Å². The molecule has 1 N–H and O–H groups in total. The largest absolute Gasteiger partial charge is 0.459 e. The average molecular weight is 183 g/mol. The molecule has 3 heteroatoms. The number of piperidine rings is 1. The van der Waals surface area contributed by atoms with Crippen molar-refractivity contribution < 1.29 is 9.53 Å². The number of ether oxygens (including phenoxy) is 1. The molecule has 0 radical (unpaired) electrons. The first-order valence-corrected chi connectivity index (χ1v) is 4.93. The first-order chi connectivity index (χ1) is 5.97. The second-order valence-corrected chi connectivity index (χ2v) is 5.08. The number of carbonyl (C=O) groups excluding carboxylic acids is 1. The molecule has 2 fully saturated rings. The Morgan fingerprint density at radius 1 is 1.46 bits per heavy atom. The topological polar surface area (TPSA) is 38.3 Å². The van der Waals surface area contributed by atoms with Gasteiger partial charge in [0.1, 0.15) is 11.6 Å². The molecule has 1 saturated carbocycles. The van der Waals surface area contributed by atoms with Crippen LogP contribution in [0.25, 0.3) is 0 Å². The van der Waals surface area contributed by atoms with Gasteiger partial charge in [0, 0.05) is 0 Å². The van der Waals surface area contributed by atoms with Crippen molar-refractivity contribution >= 4 is 5.97 Å². The smallest absolute Gasteiger partial charge is 0.323 e. The summed E-state index contributed by atoms with van der Waals surface area (Å²) in [5.74, 6) is 1.24. The number of hydrogen-bond donors (Lipinski definition) is 1. The maximum absolute atomic E-state index is 11.6. The van der Waals surface area contributed by atoms with E-state index < -0.39 is 0 Å². The van der Waals surface area contributed by atoms with E-state index in [-0.39, 0.29) is 17.6 Å². The lowest BCUT2D eigenvalue weighted by atomic mass is 10.1. The summed E-state index contributed by atoms with van der Waals surface area (Å²) in [6.07, 6.45) is 1.21. The van der Waals surface area contributed by atoms with E-state index in [0.29, 0.717) is 5.92 Å². The number of fused-ring (bicyclic) bond motifs is 1. The molecule has 2 aliphatic rings. The van der Waals surface area contributed by atoms with Crippen LogP contribution in [0, 0.1) is 11.8 Å².